The van der Waals surface area contributed by atoms with Gasteiger partial charge in [-0.1, -0.05) is 6.07 Å². The minimum Gasteiger partial charge on any atom is -0.373 e. The molecule has 0 aromatic carbocycles. The van der Waals surface area contributed by atoms with Gasteiger partial charge in [0.1, 0.15) is 6.07 Å². The van der Waals surface area contributed by atoms with Gasteiger partial charge in [-0.25, -0.2) is 0 Å². The van der Waals surface area contributed by atoms with Crippen molar-refractivity contribution >= 4 is 0 Å². The first-order valence-electron chi connectivity index (χ1n) is 2.83. The van der Waals surface area contributed by atoms with Crippen molar-refractivity contribution in [1.82, 2.24) is 4.98 Å². The summed E-state index contributed by atoms with van der Waals surface area (Å²) >= 11 is 0. The van der Waals surface area contributed by atoms with E-state index in [1.807, 2.05) is 0 Å². The minimum absolute atomic E-state index is 0.394. The van der Waals surface area contributed by atoms with E-state index >= 15 is 0 Å². The number of nitriles is 1. The fourth-order valence-corrected chi connectivity index (χ4v) is 0.604. The Labute approximate surface area is 58.6 Å². The standard InChI is InChI=1S/C7H6N2O/c8-5-7(10)6-3-1-2-4-9-6/h1-4,7,10H. The van der Waals surface area contributed by atoms with E-state index in [0.717, 1.165) is 0 Å². The van der Waals surface area contributed by atoms with Crippen LogP contribution in [0.4, 0.5) is 0 Å². The topological polar surface area (TPSA) is 56.9 Å². The van der Waals surface area contributed by atoms with Crippen LogP contribution in [0.1, 0.15) is 11.8 Å². The molecule has 0 amide bonds. The van der Waals surface area contributed by atoms with Gasteiger partial charge in [-0.05, 0) is 12.1 Å². The third-order valence-corrected chi connectivity index (χ3v) is 1.09. The summed E-state index contributed by atoms with van der Waals surface area (Å²) in [5.74, 6) is 0. The summed E-state index contributed by atoms with van der Waals surface area (Å²) < 4.78 is 0. The van der Waals surface area contributed by atoms with E-state index in [0.29, 0.717) is 5.69 Å². The lowest BCUT2D eigenvalue weighted by atomic mass is 10.2. The average Bonchev–Trinajstić information content (AvgIpc) is 2.05. The molecule has 3 nitrogen and oxygen atoms in total. The highest BCUT2D eigenvalue weighted by molar-refractivity contribution is 5.11. The van der Waals surface area contributed by atoms with Gasteiger partial charge >= 0.3 is 0 Å². The molecule has 0 aliphatic heterocycles. The number of rotatable bonds is 1. The van der Waals surface area contributed by atoms with Crippen molar-refractivity contribution in [2.45, 2.75) is 6.10 Å². The number of pyridine rings is 1. The molecule has 1 atom stereocenters. The number of hydrogen-bond donors (Lipinski definition) is 1. The van der Waals surface area contributed by atoms with Crippen LogP contribution in [0.15, 0.2) is 24.4 Å². The SMILES string of the molecule is N#CC(O)c1ccccn1. The molecule has 3 heteroatoms. The minimum atomic E-state index is -1.10. The molecule has 0 radical (unpaired) electrons. The molecule has 0 aliphatic carbocycles. The zero-order valence-electron chi connectivity index (χ0n) is 5.23. The van der Waals surface area contributed by atoms with Gasteiger partial charge < -0.3 is 5.11 Å². The van der Waals surface area contributed by atoms with Crippen LogP contribution in [-0.4, -0.2) is 10.1 Å². The van der Waals surface area contributed by atoms with Crippen LogP contribution >= 0.6 is 0 Å². The van der Waals surface area contributed by atoms with Crippen molar-refractivity contribution in [1.29, 1.82) is 5.26 Å². The second-order valence-corrected chi connectivity index (χ2v) is 1.79. The summed E-state index contributed by atoms with van der Waals surface area (Å²) in [5, 5.41) is 17.2. The first-order chi connectivity index (χ1) is 4.84. The fraction of sp³-hybridized carbons (Fsp3) is 0.143. The van der Waals surface area contributed by atoms with Gasteiger partial charge in [0.2, 0.25) is 0 Å². The van der Waals surface area contributed by atoms with E-state index in [-0.39, 0.29) is 0 Å². The molecular formula is C7H6N2O. The Balaban J connectivity index is 2.88. The van der Waals surface area contributed by atoms with E-state index in [4.69, 9.17) is 10.4 Å². The molecule has 50 valence electrons. The molecule has 0 bridgehead atoms. The Kier molecular flexibility index (Phi) is 1.98. The monoisotopic (exact) mass is 134 g/mol. The summed E-state index contributed by atoms with van der Waals surface area (Å²) in [4.78, 5) is 3.78. The number of aliphatic hydroxyl groups excluding tert-OH is 1. The first-order valence-corrected chi connectivity index (χ1v) is 2.83. The predicted molar refractivity (Wildman–Crippen MR) is 34.8 cm³/mol. The molecule has 1 unspecified atom stereocenters. The van der Waals surface area contributed by atoms with Gasteiger partial charge in [-0.2, -0.15) is 5.26 Å². The second kappa shape index (κ2) is 2.95. The number of hydrogen-bond acceptors (Lipinski definition) is 3. The fourth-order valence-electron chi connectivity index (χ4n) is 0.604. The lowest BCUT2D eigenvalue weighted by molar-refractivity contribution is 0.231. The molecule has 0 fully saturated rings. The smallest absolute Gasteiger partial charge is 0.182 e. The number of nitrogens with zero attached hydrogens (tertiary/aromatic N) is 2. The van der Waals surface area contributed by atoms with E-state index in [2.05, 4.69) is 4.98 Å². The summed E-state index contributed by atoms with van der Waals surface area (Å²) in [6, 6.07) is 6.73. The van der Waals surface area contributed by atoms with Crippen molar-refractivity contribution in [3.63, 3.8) is 0 Å². The zero-order chi connectivity index (χ0) is 7.40. The number of aromatic nitrogens is 1. The van der Waals surface area contributed by atoms with Crippen molar-refractivity contribution in [3.8, 4) is 6.07 Å². The van der Waals surface area contributed by atoms with Crippen molar-refractivity contribution in [2.24, 2.45) is 0 Å². The van der Waals surface area contributed by atoms with Gasteiger partial charge in [0.25, 0.3) is 0 Å². The van der Waals surface area contributed by atoms with Crippen LogP contribution in [0.3, 0.4) is 0 Å². The van der Waals surface area contributed by atoms with Crippen LogP contribution in [0, 0.1) is 11.3 Å². The quantitative estimate of drug-likeness (QED) is 0.573. The predicted octanol–water partition coefficient (Wildman–Crippen LogP) is 0.639. The van der Waals surface area contributed by atoms with E-state index in [9.17, 15) is 0 Å². The maximum absolute atomic E-state index is 8.91. The lowest BCUT2D eigenvalue weighted by Gasteiger charge is -1.97. The van der Waals surface area contributed by atoms with Crippen molar-refractivity contribution < 1.29 is 5.11 Å². The Morgan fingerprint density at radius 2 is 2.40 bits per heavy atom. The molecule has 1 rings (SSSR count). The maximum atomic E-state index is 8.91. The van der Waals surface area contributed by atoms with E-state index in [1.165, 1.54) is 6.20 Å². The molecule has 0 saturated carbocycles. The highest BCUT2D eigenvalue weighted by Gasteiger charge is 2.03. The molecule has 1 heterocycles. The normalized spacial score (nSPS) is 12.0. The van der Waals surface area contributed by atoms with Crippen LogP contribution in [0.25, 0.3) is 0 Å². The van der Waals surface area contributed by atoms with Crippen LogP contribution in [-0.2, 0) is 0 Å². The average molecular weight is 134 g/mol. The van der Waals surface area contributed by atoms with Crippen molar-refractivity contribution in [2.75, 3.05) is 0 Å². The molecular weight excluding hydrogens is 128 g/mol. The van der Waals surface area contributed by atoms with Crippen LogP contribution < -0.4 is 0 Å². The van der Waals surface area contributed by atoms with Crippen LogP contribution in [0.5, 0.6) is 0 Å². The largest absolute Gasteiger partial charge is 0.373 e. The van der Waals surface area contributed by atoms with E-state index < -0.39 is 6.10 Å². The van der Waals surface area contributed by atoms with Crippen molar-refractivity contribution in [3.05, 3.63) is 30.1 Å². The maximum Gasteiger partial charge on any atom is 0.182 e. The number of aliphatic hydroxyl groups is 1. The second-order valence-electron chi connectivity index (χ2n) is 1.79. The highest BCUT2D eigenvalue weighted by Crippen LogP contribution is 2.05. The summed E-state index contributed by atoms with van der Waals surface area (Å²) in [5.41, 5.74) is 0.394. The third-order valence-electron chi connectivity index (χ3n) is 1.09. The molecule has 10 heavy (non-hydrogen) atoms. The molecule has 1 aromatic heterocycles. The van der Waals surface area contributed by atoms with Gasteiger partial charge in [0.05, 0.1) is 5.69 Å². The zero-order valence-corrected chi connectivity index (χ0v) is 5.23. The Hall–Kier alpha value is -1.40. The third kappa shape index (κ3) is 1.30. The van der Waals surface area contributed by atoms with Gasteiger partial charge in [-0.15, -0.1) is 0 Å². The summed E-state index contributed by atoms with van der Waals surface area (Å²) in [7, 11) is 0. The van der Waals surface area contributed by atoms with Gasteiger partial charge in [-0.3, -0.25) is 4.98 Å². The Morgan fingerprint density at radius 3 is 2.90 bits per heavy atom. The van der Waals surface area contributed by atoms with E-state index in [1.54, 1.807) is 24.3 Å². The Bertz CT molecular complexity index is 240. The lowest BCUT2D eigenvalue weighted by Crippen LogP contribution is -1.95. The van der Waals surface area contributed by atoms with Crippen LogP contribution in [0.2, 0.25) is 0 Å². The Morgan fingerprint density at radius 1 is 1.60 bits per heavy atom. The van der Waals surface area contributed by atoms with Gasteiger partial charge in [0, 0.05) is 6.20 Å². The summed E-state index contributed by atoms with van der Waals surface area (Å²) in [6.07, 6.45) is 0.441. The molecule has 1 aromatic rings. The summed E-state index contributed by atoms with van der Waals surface area (Å²) in [6.45, 7) is 0. The van der Waals surface area contributed by atoms with Gasteiger partial charge in [0.15, 0.2) is 6.10 Å². The molecule has 0 saturated heterocycles. The molecule has 0 aliphatic rings. The molecule has 0 spiro atoms. The molecule has 1 N–H and O–H groups in total. The first kappa shape index (κ1) is 6.72. The highest BCUT2D eigenvalue weighted by atomic mass is 16.3.